The van der Waals surface area contributed by atoms with E-state index in [2.05, 4.69) is 10.3 Å². The lowest BCUT2D eigenvalue weighted by Gasteiger charge is -2.14. The fourth-order valence-electron chi connectivity index (χ4n) is 3.63. The Labute approximate surface area is 167 Å². The molecule has 1 atom stereocenters. The second-order valence-electron chi connectivity index (χ2n) is 7.64. The van der Waals surface area contributed by atoms with Gasteiger partial charge in [-0.2, -0.15) is 0 Å². The number of nitrogens with one attached hydrogen (secondary N) is 2. The predicted molar refractivity (Wildman–Crippen MR) is 107 cm³/mol. The second-order valence-corrected chi connectivity index (χ2v) is 9.63. The van der Waals surface area contributed by atoms with Crippen molar-refractivity contribution in [3.8, 4) is 0 Å². The number of pyridine rings is 1. The third-order valence-corrected chi connectivity index (χ3v) is 6.42. The second kappa shape index (κ2) is 7.26. The molecule has 2 aliphatic rings. The van der Waals surface area contributed by atoms with Crippen molar-refractivity contribution in [3.05, 3.63) is 69.4 Å². The number of hydrogen-bond donors (Lipinski definition) is 2. The van der Waals surface area contributed by atoms with Gasteiger partial charge >= 0.3 is 0 Å². The normalized spacial score (nSPS) is 20.0. The largest absolute Gasteiger partial charge is 0.350 e. The molecule has 2 aromatic rings. The highest BCUT2D eigenvalue weighted by Gasteiger charge is 2.27. The fraction of sp³-hybridized carbons (Fsp3) is 0.333. The molecule has 1 aliphatic carbocycles. The zero-order valence-electron chi connectivity index (χ0n) is 15.9. The molecule has 0 bridgehead atoms. The van der Waals surface area contributed by atoms with Crippen LogP contribution in [0.3, 0.4) is 0 Å². The van der Waals surface area contributed by atoms with Crippen molar-refractivity contribution >= 4 is 21.3 Å². The van der Waals surface area contributed by atoms with Crippen LogP contribution in [0.2, 0.25) is 0 Å². The van der Waals surface area contributed by atoms with E-state index in [1.54, 1.807) is 18.2 Å². The van der Waals surface area contributed by atoms with Crippen molar-refractivity contribution in [2.75, 3.05) is 6.26 Å². The zero-order valence-corrected chi connectivity index (χ0v) is 16.7. The molecule has 8 heteroatoms. The molecule has 6 nitrogen and oxygen atoms in total. The molecule has 2 N–H and O–H groups in total. The minimum Gasteiger partial charge on any atom is -0.350 e. The summed E-state index contributed by atoms with van der Waals surface area (Å²) in [5.74, 6) is -0.633. The molecule has 1 aliphatic heterocycles. The molecule has 29 heavy (non-hydrogen) atoms. The third-order valence-electron chi connectivity index (χ3n) is 5.29. The molecule has 1 saturated heterocycles. The predicted octanol–water partition coefficient (Wildman–Crippen LogP) is 2.51. The van der Waals surface area contributed by atoms with E-state index in [1.807, 2.05) is 0 Å². The SMILES string of the molecule is CS(=O)(=O)c1ccc(/C(=C\[C@H]2CCC(=O)N2)c2ccc(C3CC3)c(=O)[nH]2)cc1F. The number of rotatable bonds is 5. The Morgan fingerprint density at radius 3 is 2.45 bits per heavy atom. The van der Waals surface area contributed by atoms with Crippen LogP contribution in [-0.2, 0) is 14.6 Å². The minimum absolute atomic E-state index is 0.0678. The van der Waals surface area contributed by atoms with Gasteiger partial charge in [0.25, 0.3) is 5.56 Å². The summed E-state index contributed by atoms with van der Waals surface area (Å²) in [4.78, 5) is 26.6. The van der Waals surface area contributed by atoms with E-state index in [4.69, 9.17) is 0 Å². The van der Waals surface area contributed by atoms with Gasteiger partial charge in [-0.1, -0.05) is 18.2 Å². The van der Waals surface area contributed by atoms with Crippen LogP contribution in [0.25, 0.3) is 5.57 Å². The smallest absolute Gasteiger partial charge is 0.251 e. The lowest BCUT2D eigenvalue weighted by Crippen LogP contribution is -2.23. The average molecular weight is 416 g/mol. The van der Waals surface area contributed by atoms with E-state index >= 15 is 0 Å². The Morgan fingerprint density at radius 2 is 1.90 bits per heavy atom. The maximum absolute atomic E-state index is 14.5. The maximum atomic E-state index is 14.5. The highest BCUT2D eigenvalue weighted by atomic mass is 32.2. The first-order chi connectivity index (χ1) is 13.7. The molecule has 1 aromatic carbocycles. The Balaban J connectivity index is 1.80. The first-order valence-corrected chi connectivity index (χ1v) is 11.4. The summed E-state index contributed by atoms with van der Waals surface area (Å²) in [6.07, 6.45) is 5.71. The van der Waals surface area contributed by atoms with Gasteiger partial charge in [0.05, 0.1) is 0 Å². The van der Waals surface area contributed by atoms with Crippen LogP contribution in [0, 0.1) is 5.82 Å². The highest BCUT2D eigenvalue weighted by Crippen LogP contribution is 2.38. The minimum atomic E-state index is -3.69. The number of carbonyl (C=O) groups is 1. The molecule has 2 fully saturated rings. The molecule has 0 radical (unpaired) electrons. The van der Waals surface area contributed by atoms with Crippen molar-refractivity contribution < 1.29 is 17.6 Å². The number of amides is 1. The van der Waals surface area contributed by atoms with E-state index in [1.165, 1.54) is 12.1 Å². The molecule has 0 unspecified atom stereocenters. The number of aromatic nitrogens is 1. The van der Waals surface area contributed by atoms with E-state index < -0.39 is 15.7 Å². The molecule has 1 aromatic heterocycles. The monoisotopic (exact) mass is 416 g/mol. The lowest BCUT2D eigenvalue weighted by atomic mass is 9.98. The average Bonchev–Trinajstić information content (AvgIpc) is 3.40. The lowest BCUT2D eigenvalue weighted by molar-refractivity contribution is -0.119. The third kappa shape index (κ3) is 4.17. The number of halogens is 1. The van der Waals surface area contributed by atoms with Crippen LogP contribution in [0.15, 0.2) is 46.1 Å². The van der Waals surface area contributed by atoms with Crippen LogP contribution in [0.5, 0.6) is 0 Å². The van der Waals surface area contributed by atoms with Gasteiger partial charge in [0.1, 0.15) is 10.7 Å². The molecule has 152 valence electrons. The number of carbonyl (C=O) groups excluding carboxylic acids is 1. The van der Waals surface area contributed by atoms with Gasteiger partial charge in [0.15, 0.2) is 9.84 Å². The standard InChI is InChI=1S/C21H21FN2O4S/c1-29(27,28)19-8-4-13(10-17(19)22)16(11-14-5-9-20(25)23-14)18-7-6-15(12-2-3-12)21(26)24-18/h4,6-8,10-12,14H,2-3,5,9H2,1H3,(H,23,25)(H,24,26)/b16-11+/t14-/m1/s1. The fourth-order valence-corrected chi connectivity index (χ4v) is 4.36. The van der Waals surface area contributed by atoms with Crippen molar-refractivity contribution in [3.63, 3.8) is 0 Å². The van der Waals surface area contributed by atoms with Gasteiger partial charge in [-0.15, -0.1) is 0 Å². The first kappa shape index (κ1) is 19.6. The Kier molecular flexibility index (Phi) is 4.90. The molecule has 0 spiro atoms. The Morgan fingerprint density at radius 1 is 1.14 bits per heavy atom. The Bertz CT molecular complexity index is 1180. The van der Waals surface area contributed by atoms with E-state index in [9.17, 15) is 22.4 Å². The number of aromatic amines is 1. The summed E-state index contributed by atoms with van der Waals surface area (Å²) in [7, 11) is -3.69. The molecular weight excluding hydrogens is 395 g/mol. The highest BCUT2D eigenvalue weighted by molar-refractivity contribution is 7.90. The molecule has 1 amide bonds. The van der Waals surface area contributed by atoms with E-state index in [0.29, 0.717) is 35.6 Å². The summed E-state index contributed by atoms with van der Waals surface area (Å²) >= 11 is 0. The van der Waals surface area contributed by atoms with E-state index in [0.717, 1.165) is 30.7 Å². The quantitative estimate of drug-likeness (QED) is 0.783. The van der Waals surface area contributed by atoms with Crippen LogP contribution in [0.1, 0.15) is 48.4 Å². The van der Waals surface area contributed by atoms with Crippen molar-refractivity contribution in [1.82, 2.24) is 10.3 Å². The molecular formula is C21H21FN2O4S. The van der Waals surface area contributed by atoms with Crippen LogP contribution < -0.4 is 10.9 Å². The maximum Gasteiger partial charge on any atom is 0.251 e. The van der Waals surface area contributed by atoms with E-state index in [-0.39, 0.29) is 22.4 Å². The van der Waals surface area contributed by atoms with Gasteiger partial charge in [-0.05, 0) is 48.9 Å². The summed E-state index contributed by atoms with van der Waals surface area (Å²) in [6.45, 7) is 0. The van der Waals surface area contributed by atoms with Gasteiger partial charge in [0, 0.05) is 35.5 Å². The summed E-state index contributed by atoms with van der Waals surface area (Å²) in [6, 6.07) is 7.19. The van der Waals surface area contributed by atoms with Gasteiger partial charge < -0.3 is 10.3 Å². The number of sulfone groups is 1. The van der Waals surface area contributed by atoms with Crippen LogP contribution >= 0.6 is 0 Å². The first-order valence-electron chi connectivity index (χ1n) is 9.47. The molecule has 4 rings (SSSR count). The number of benzene rings is 1. The van der Waals surface area contributed by atoms with Gasteiger partial charge in [-0.3, -0.25) is 9.59 Å². The number of H-pyrrole nitrogens is 1. The molecule has 2 heterocycles. The van der Waals surface area contributed by atoms with Crippen molar-refractivity contribution in [2.24, 2.45) is 0 Å². The van der Waals surface area contributed by atoms with Gasteiger partial charge in [-0.25, -0.2) is 12.8 Å². The number of hydrogen-bond acceptors (Lipinski definition) is 4. The van der Waals surface area contributed by atoms with Crippen LogP contribution in [-0.4, -0.2) is 31.6 Å². The molecule has 1 saturated carbocycles. The summed E-state index contributed by atoms with van der Waals surface area (Å²) < 4.78 is 38.0. The van der Waals surface area contributed by atoms with Crippen molar-refractivity contribution in [1.29, 1.82) is 0 Å². The Hall–Kier alpha value is -2.74. The van der Waals surface area contributed by atoms with Gasteiger partial charge in [0.2, 0.25) is 5.91 Å². The zero-order chi connectivity index (χ0) is 20.8. The topological polar surface area (TPSA) is 96.1 Å². The van der Waals surface area contributed by atoms with Crippen LogP contribution in [0.4, 0.5) is 4.39 Å². The summed E-state index contributed by atoms with van der Waals surface area (Å²) in [5, 5.41) is 2.83. The summed E-state index contributed by atoms with van der Waals surface area (Å²) in [5.41, 5.74) is 2.01. The van der Waals surface area contributed by atoms with Crippen molar-refractivity contribution in [2.45, 2.75) is 42.5 Å².